The number of hydrogen-bond donors (Lipinski definition) is 1. The van der Waals surface area contributed by atoms with Gasteiger partial charge in [0, 0.05) is 24.7 Å². The number of nitrogens with zero attached hydrogens (tertiary/aromatic N) is 2. The van der Waals surface area contributed by atoms with Crippen molar-refractivity contribution >= 4 is 5.91 Å². The smallest absolute Gasteiger partial charge is 0.229 e. The van der Waals surface area contributed by atoms with Crippen LogP contribution in [0, 0.1) is 6.92 Å². The number of amides is 1. The van der Waals surface area contributed by atoms with Gasteiger partial charge in [0.05, 0.1) is 12.1 Å². The molecule has 1 aromatic heterocycles. The molecule has 0 aromatic carbocycles. The van der Waals surface area contributed by atoms with E-state index in [2.05, 4.69) is 15.4 Å². The molecule has 0 saturated carbocycles. The van der Waals surface area contributed by atoms with Crippen LogP contribution in [0.1, 0.15) is 30.7 Å². The highest BCUT2D eigenvalue weighted by molar-refractivity contribution is 5.79. The molecular formula is C13H19N3O2. The molecule has 1 amide bonds. The molecule has 98 valence electrons. The Morgan fingerprint density at radius 3 is 3.11 bits per heavy atom. The van der Waals surface area contributed by atoms with E-state index in [0.717, 1.165) is 43.8 Å². The number of fused-ring (bicyclic) bond motifs is 2. The summed E-state index contributed by atoms with van der Waals surface area (Å²) in [5.41, 5.74) is 0.745. The Morgan fingerprint density at radius 1 is 1.50 bits per heavy atom. The number of aryl methyl sites for hydroxylation is 1. The third-order valence-corrected chi connectivity index (χ3v) is 3.95. The van der Waals surface area contributed by atoms with Gasteiger partial charge in [-0.05, 0) is 32.7 Å². The lowest BCUT2D eigenvalue weighted by Crippen LogP contribution is -2.43. The van der Waals surface area contributed by atoms with Gasteiger partial charge < -0.3 is 14.7 Å². The van der Waals surface area contributed by atoms with Gasteiger partial charge in [0.2, 0.25) is 5.91 Å². The lowest BCUT2D eigenvalue weighted by Gasteiger charge is -2.27. The Hall–Kier alpha value is -1.36. The molecule has 0 radical (unpaired) electrons. The van der Waals surface area contributed by atoms with Gasteiger partial charge in [-0.3, -0.25) is 4.79 Å². The maximum atomic E-state index is 12.4. The molecule has 18 heavy (non-hydrogen) atoms. The zero-order chi connectivity index (χ0) is 12.5. The molecule has 1 aromatic rings. The fourth-order valence-corrected chi connectivity index (χ4v) is 3.14. The second-order valence-electron chi connectivity index (χ2n) is 5.28. The van der Waals surface area contributed by atoms with Crippen molar-refractivity contribution in [1.29, 1.82) is 0 Å². The largest absolute Gasteiger partial charge is 0.361 e. The van der Waals surface area contributed by atoms with Gasteiger partial charge >= 0.3 is 0 Å². The van der Waals surface area contributed by atoms with Crippen LogP contribution in [-0.2, 0) is 11.2 Å². The zero-order valence-corrected chi connectivity index (χ0v) is 10.7. The van der Waals surface area contributed by atoms with E-state index in [4.69, 9.17) is 4.52 Å². The van der Waals surface area contributed by atoms with E-state index in [9.17, 15) is 4.79 Å². The molecule has 2 fully saturated rings. The number of carbonyl (C=O) groups is 1. The average molecular weight is 249 g/mol. The van der Waals surface area contributed by atoms with Gasteiger partial charge in [-0.2, -0.15) is 0 Å². The molecule has 2 aliphatic rings. The van der Waals surface area contributed by atoms with Crippen molar-refractivity contribution in [2.75, 3.05) is 13.1 Å². The van der Waals surface area contributed by atoms with Crippen molar-refractivity contribution in [3.05, 3.63) is 17.5 Å². The maximum absolute atomic E-state index is 12.4. The molecule has 5 heteroatoms. The first kappa shape index (κ1) is 11.7. The van der Waals surface area contributed by atoms with Crippen LogP contribution in [0.25, 0.3) is 0 Å². The maximum Gasteiger partial charge on any atom is 0.229 e. The summed E-state index contributed by atoms with van der Waals surface area (Å²) >= 11 is 0. The molecular weight excluding hydrogens is 230 g/mol. The first-order valence-corrected chi connectivity index (χ1v) is 6.68. The van der Waals surface area contributed by atoms with Gasteiger partial charge in [-0.15, -0.1) is 0 Å². The molecule has 2 atom stereocenters. The van der Waals surface area contributed by atoms with Crippen LogP contribution in [0.5, 0.6) is 0 Å². The minimum atomic E-state index is 0.194. The summed E-state index contributed by atoms with van der Waals surface area (Å²) in [6, 6.07) is 2.64. The zero-order valence-electron chi connectivity index (χ0n) is 10.7. The summed E-state index contributed by atoms with van der Waals surface area (Å²) in [6.45, 7) is 3.80. The molecule has 5 nitrogen and oxygen atoms in total. The van der Waals surface area contributed by atoms with Gasteiger partial charge in [0.15, 0.2) is 0 Å². The van der Waals surface area contributed by atoms with Gasteiger partial charge in [-0.1, -0.05) is 5.16 Å². The predicted octanol–water partition coefficient (Wildman–Crippen LogP) is 0.878. The highest BCUT2D eigenvalue weighted by atomic mass is 16.5. The third kappa shape index (κ3) is 2.14. The number of carbonyl (C=O) groups excluding carboxylic acids is 1. The van der Waals surface area contributed by atoms with E-state index in [-0.39, 0.29) is 5.91 Å². The molecule has 2 bridgehead atoms. The number of nitrogens with one attached hydrogen (secondary N) is 1. The van der Waals surface area contributed by atoms with E-state index in [1.165, 1.54) is 0 Å². The van der Waals surface area contributed by atoms with Crippen molar-refractivity contribution in [2.45, 2.75) is 44.7 Å². The summed E-state index contributed by atoms with van der Waals surface area (Å²) in [5.74, 6) is 0.956. The van der Waals surface area contributed by atoms with E-state index in [1.54, 1.807) is 0 Å². The standard InChI is InChI=1S/C13H19N3O2/c1-9-6-10(15-18-9)7-13(17)16-11-2-3-12(16)8-14-5-4-11/h6,11-12,14H,2-5,7-8H2,1H3. The van der Waals surface area contributed by atoms with Crippen molar-refractivity contribution in [1.82, 2.24) is 15.4 Å². The van der Waals surface area contributed by atoms with Crippen LogP contribution in [0.15, 0.2) is 10.6 Å². The number of rotatable bonds is 2. The summed E-state index contributed by atoms with van der Waals surface area (Å²) in [6.07, 6.45) is 3.71. The van der Waals surface area contributed by atoms with E-state index in [1.807, 2.05) is 13.0 Å². The minimum Gasteiger partial charge on any atom is -0.361 e. The minimum absolute atomic E-state index is 0.194. The van der Waals surface area contributed by atoms with Crippen LogP contribution >= 0.6 is 0 Å². The molecule has 0 aliphatic carbocycles. The van der Waals surface area contributed by atoms with Gasteiger partial charge in [0.25, 0.3) is 0 Å². The van der Waals surface area contributed by atoms with Crippen LogP contribution in [0.4, 0.5) is 0 Å². The second-order valence-corrected chi connectivity index (χ2v) is 5.28. The second kappa shape index (κ2) is 4.72. The highest BCUT2D eigenvalue weighted by Crippen LogP contribution is 2.28. The highest BCUT2D eigenvalue weighted by Gasteiger charge is 2.37. The van der Waals surface area contributed by atoms with Crippen LogP contribution in [0.2, 0.25) is 0 Å². The average Bonchev–Trinajstić information content (AvgIpc) is 2.81. The monoisotopic (exact) mass is 249 g/mol. The third-order valence-electron chi connectivity index (χ3n) is 3.95. The lowest BCUT2D eigenvalue weighted by atomic mass is 10.1. The van der Waals surface area contributed by atoms with Crippen LogP contribution in [0.3, 0.4) is 0 Å². The van der Waals surface area contributed by atoms with Gasteiger partial charge in [0.1, 0.15) is 5.76 Å². The lowest BCUT2D eigenvalue weighted by molar-refractivity contribution is -0.133. The normalized spacial score (nSPS) is 27.3. The quantitative estimate of drug-likeness (QED) is 0.845. The Balaban J connectivity index is 1.71. The Labute approximate surface area is 107 Å². The molecule has 3 heterocycles. The van der Waals surface area contributed by atoms with E-state index >= 15 is 0 Å². The first-order valence-electron chi connectivity index (χ1n) is 6.68. The van der Waals surface area contributed by atoms with E-state index in [0.29, 0.717) is 18.5 Å². The predicted molar refractivity (Wildman–Crippen MR) is 66.1 cm³/mol. The molecule has 1 N–H and O–H groups in total. The molecule has 2 saturated heterocycles. The summed E-state index contributed by atoms with van der Waals surface area (Å²) in [4.78, 5) is 14.5. The van der Waals surface area contributed by atoms with Crippen molar-refractivity contribution < 1.29 is 9.32 Å². The van der Waals surface area contributed by atoms with Crippen LogP contribution in [-0.4, -0.2) is 41.1 Å². The summed E-state index contributed by atoms with van der Waals surface area (Å²) in [5, 5.41) is 7.31. The SMILES string of the molecule is Cc1cc(CC(=O)N2C3CCNCC2CC3)no1. The fourth-order valence-electron chi connectivity index (χ4n) is 3.14. The summed E-state index contributed by atoms with van der Waals surface area (Å²) in [7, 11) is 0. The summed E-state index contributed by atoms with van der Waals surface area (Å²) < 4.78 is 5.01. The van der Waals surface area contributed by atoms with E-state index < -0.39 is 0 Å². The fraction of sp³-hybridized carbons (Fsp3) is 0.692. The van der Waals surface area contributed by atoms with Gasteiger partial charge in [-0.25, -0.2) is 0 Å². The Bertz CT molecular complexity index is 429. The number of aromatic nitrogens is 1. The Morgan fingerprint density at radius 2 is 2.33 bits per heavy atom. The topological polar surface area (TPSA) is 58.4 Å². The Kier molecular flexibility index (Phi) is 3.07. The number of hydrogen-bond acceptors (Lipinski definition) is 4. The molecule has 2 aliphatic heterocycles. The van der Waals surface area contributed by atoms with Crippen molar-refractivity contribution in [3.63, 3.8) is 0 Å². The molecule has 3 rings (SSSR count). The molecule has 0 spiro atoms. The first-order chi connectivity index (χ1) is 8.74. The molecule has 2 unspecified atom stereocenters. The van der Waals surface area contributed by atoms with Crippen molar-refractivity contribution in [3.8, 4) is 0 Å². The van der Waals surface area contributed by atoms with Crippen LogP contribution < -0.4 is 5.32 Å². The van der Waals surface area contributed by atoms with Crippen molar-refractivity contribution in [2.24, 2.45) is 0 Å².